The van der Waals surface area contributed by atoms with Crippen molar-refractivity contribution in [1.82, 2.24) is 0 Å². The molecule has 2 rings (SSSR count). The molecule has 3 nitrogen and oxygen atoms in total. The molecule has 1 heterocycles. The van der Waals surface area contributed by atoms with Gasteiger partial charge in [-0.1, -0.05) is 25.5 Å². The summed E-state index contributed by atoms with van der Waals surface area (Å²) < 4.78 is 34.6. The van der Waals surface area contributed by atoms with E-state index in [1.54, 1.807) is 12.1 Å². The average Bonchev–Trinajstić information content (AvgIpc) is 2.51. The number of hydrogen-bond donors (Lipinski definition) is 1. The van der Waals surface area contributed by atoms with Crippen LogP contribution in [-0.4, -0.2) is 6.29 Å². The van der Waals surface area contributed by atoms with E-state index in [1.165, 1.54) is 6.07 Å². The number of nitrogens with two attached hydrogens (primary N) is 1. The summed E-state index contributed by atoms with van der Waals surface area (Å²) in [7, 11) is 0. The van der Waals surface area contributed by atoms with Gasteiger partial charge in [0, 0.05) is 11.6 Å². The second kappa shape index (κ2) is 3.90. The molecule has 16 heavy (non-hydrogen) atoms. The molecule has 0 fully saturated rings. The van der Waals surface area contributed by atoms with Gasteiger partial charge in [-0.15, -0.1) is 8.78 Å². The minimum absolute atomic E-state index is 0.0500. The molecule has 2 N–H and O–H groups in total. The molecule has 1 atom stereocenters. The van der Waals surface area contributed by atoms with Gasteiger partial charge in [-0.25, -0.2) is 0 Å². The third kappa shape index (κ3) is 1.95. The minimum atomic E-state index is -3.58. The van der Waals surface area contributed by atoms with Crippen LogP contribution in [0.1, 0.15) is 31.4 Å². The first-order valence-electron chi connectivity index (χ1n) is 5.18. The molecule has 0 unspecified atom stereocenters. The van der Waals surface area contributed by atoms with Crippen LogP contribution >= 0.6 is 0 Å². The van der Waals surface area contributed by atoms with Gasteiger partial charge in [0.1, 0.15) is 0 Å². The van der Waals surface area contributed by atoms with Crippen LogP contribution in [0.5, 0.6) is 11.5 Å². The Kier molecular flexibility index (Phi) is 2.71. The van der Waals surface area contributed by atoms with Crippen molar-refractivity contribution >= 4 is 0 Å². The molecule has 0 aliphatic carbocycles. The second-order valence-electron chi connectivity index (χ2n) is 3.74. The van der Waals surface area contributed by atoms with Crippen molar-refractivity contribution in [3.63, 3.8) is 0 Å². The summed E-state index contributed by atoms with van der Waals surface area (Å²) >= 11 is 0. The van der Waals surface area contributed by atoms with Gasteiger partial charge in [0.25, 0.3) is 0 Å². The highest BCUT2D eigenvalue weighted by molar-refractivity contribution is 5.50. The molecule has 0 bridgehead atoms. The SMILES string of the molecule is CCC[C@@H](N)c1cccc2c1OC(F)(F)O2. The highest BCUT2D eigenvalue weighted by Crippen LogP contribution is 2.45. The molecule has 1 aromatic rings. The maximum Gasteiger partial charge on any atom is 0.586 e. The summed E-state index contributed by atoms with van der Waals surface area (Å²) in [6.07, 6.45) is -1.99. The fourth-order valence-electron chi connectivity index (χ4n) is 1.75. The molecule has 0 aromatic heterocycles. The molecule has 0 amide bonds. The number of benzene rings is 1. The Labute approximate surface area is 92.1 Å². The van der Waals surface area contributed by atoms with Crippen molar-refractivity contribution in [1.29, 1.82) is 0 Å². The lowest BCUT2D eigenvalue weighted by Crippen LogP contribution is -2.26. The summed E-state index contributed by atoms with van der Waals surface area (Å²) in [5.74, 6) is 0.113. The number of fused-ring (bicyclic) bond motifs is 1. The van der Waals surface area contributed by atoms with Crippen LogP contribution < -0.4 is 15.2 Å². The van der Waals surface area contributed by atoms with Crippen LogP contribution in [0.2, 0.25) is 0 Å². The Morgan fingerprint density at radius 3 is 2.81 bits per heavy atom. The van der Waals surface area contributed by atoms with Crippen LogP contribution in [0.15, 0.2) is 18.2 Å². The molecular formula is C11H13F2NO2. The number of halogens is 2. The van der Waals surface area contributed by atoms with E-state index in [9.17, 15) is 8.78 Å². The molecule has 88 valence electrons. The third-order valence-electron chi connectivity index (χ3n) is 2.46. The summed E-state index contributed by atoms with van der Waals surface area (Å²) in [6, 6.07) is 4.45. The quantitative estimate of drug-likeness (QED) is 0.866. The summed E-state index contributed by atoms with van der Waals surface area (Å²) in [5.41, 5.74) is 6.45. The first-order valence-corrected chi connectivity index (χ1v) is 5.18. The number of ether oxygens (including phenoxy) is 2. The molecule has 0 saturated carbocycles. The predicted molar refractivity (Wildman–Crippen MR) is 54.5 cm³/mol. The Morgan fingerprint density at radius 1 is 1.38 bits per heavy atom. The monoisotopic (exact) mass is 229 g/mol. The molecular weight excluding hydrogens is 216 g/mol. The summed E-state index contributed by atoms with van der Waals surface area (Å²) in [4.78, 5) is 0. The van der Waals surface area contributed by atoms with Gasteiger partial charge >= 0.3 is 6.29 Å². The fourth-order valence-corrected chi connectivity index (χ4v) is 1.75. The van der Waals surface area contributed by atoms with Crippen LogP contribution in [0.3, 0.4) is 0 Å². The van der Waals surface area contributed by atoms with Crippen LogP contribution in [0.4, 0.5) is 8.78 Å². The third-order valence-corrected chi connectivity index (χ3v) is 2.46. The Bertz CT molecular complexity index is 396. The first kappa shape index (κ1) is 11.1. The molecule has 0 radical (unpaired) electrons. The van der Waals surface area contributed by atoms with E-state index in [0.29, 0.717) is 12.0 Å². The highest BCUT2D eigenvalue weighted by atomic mass is 19.3. The zero-order valence-corrected chi connectivity index (χ0v) is 8.87. The number of rotatable bonds is 3. The predicted octanol–water partition coefficient (Wildman–Crippen LogP) is 2.81. The van der Waals surface area contributed by atoms with Gasteiger partial charge in [-0.3, -0.25) is 0 Å². The maximum absolute atomic E-state index is 12.9. The van der Waals surface area contributed by atoms with Gasteiger partial charge in [-0.05, 0) is 12.5 Å². The van der Waals surface area contributed by atoms with Gasteiger partial charge in [0.15, 0.2) is 11.5 Å². The lowest BCUT2D eigenvalue weighted by molar-refractivity contribution is -0.287. The van der Waals surface area contributed by atoms with E-state index in [0.717, 1.165) is 6.42 Å². The molecule has 1 aliphatic rings. The topological polar surface area (TPSA) is 44.5 Å². The zero-order chi connectivity index (χ0) is 11.8. The second-order valence-corrected chi connectivity index (χ2v) is 3.74. The molecule has 0 spiro atoms. The standard InChI is InChI=1S/C11H13F2NO2/c1-2-4-8(14)7-5-3-6-9-10(7)16-11(12,13)15-9/h3,5-6,8H,2,4,14H2,1H3/t8-/m1/s1. The number of hydrogen-bond acceptors (Lipinski definition) is 3. The van der Waals surface area contributed by atoms with Crippen molar-refractivity contribution in [2.75, 3.05) is 0 Å². The van der Waals surface area contributed by atoms with E-state index >= 15 is 0 Å². The van der Waals surface area contributed by atoms with Crippen molar-refractivity contribution in [2.45, 2.75) is 32.1 Å². The minimum Gasteiger partial charge on any atom is -0.395 e. The average molecular weight is 229 g/mol. The maximum atomic E-state index is 12.9. The van der Waals surface area contributed by atoms with E-state index in [2.05, 4.69) is 9.47 Å². The molecule has 1 aromatic carbocycles. The smallest absolute Gasteiger partial charge is 0.395 e. The number of alkyl halides is 2. The van der Waals surface area contributed by atoms with Gasteiger partial charge < -0.3 is 15.2 Å². The summed E-state index contributed by atoms with van der Waals surface area (Å²) in [5, 5.41) is 0. The van der Waals surface area contributed by atoms with E-state index in [4.69, 9.17) is 5.73 Å². The highest BCUT2D eigenvalue weighted by Gasteiger charge is 2.44. The molecule has 5 heteroatoms. The van der Waals surface area contributed by atoms with Crippen LogP contribution in [-0.2, 0) is 0 Å². The van der Waals surface area contributed by atoms with Gasteiger partial charge in [0.05, 0.1) is 0 Å². The first-order chi connectivity index (χ1) is 7.53. The fraction of sp³-hybridized carbons (Fsp3) is 0.455. The van der Waals surface area contributed by atoms with E-state index < -0.39 is 6.29 Å². The Hall–Kier alpha value is -1.36. The lowest BCUT2D eigenvalue weighted by atomic mass is 10.0. The van der Waals surface area contributed by atoms with Crippen molar-refractivity contribution in [3.05, 3.63) is 23.8 Å². The van der Waals surface area contributed by atoms with Gasteiger partial charge in [-0.2, -0.15) is 0 Å². The normalized spacial score (nSPS) is 18.5. The van der Waals surface area contributed by atoms with E-state index in [1.807, 2.05) is 6.92 Å². The summed E-state index contributed by atoms with van der Waals surface area (Å²) in [6.45, 7) is 1.98. The van der Waals surface area contributed by atoms with Gasteiger partial charge in [0.2, 0.25) is 0 Å². The van der Waals surface area contributed by atoms with Crippen LogP contribution in [0, 0.1) is 0 Å². The Balaban J connectivity index is 2.33. The zero-order valence-electron chi connectivity index (χ0n) is 8.87. The van der Waals surface area contributed by atoms with Crippen LogP contribution in [0.25, 0.3) is 0 Å². The van der Waals surface area contributed by atoms with Crippen molar-refractivity contribution < 1.29 is 18.3 Å². The van der Waals surface area contributed by atoms with Crippen molar-refractivity contribution in [2.24, 2.45) is 5.73 Å². The molecule has 1 aliphatic heterocycles. The van der Waals surface area contributed by atoms with Crippen molar-refractivity contribution in [3.8, 4) is 11.5 Å². The Morgan fingerprint density at radius 2 is 2.12 bits per heavy atom. The van der Waals surface area contributed by atoms with E-state index in [-0.39, 0.29) is 17.5 Å². The largest absolute Gasteiger partial charge is 0.586 e. The molecule has 0 saturated heterocycles. The number of para-hydroxylation sites is 1. The lowest BCUT2D eigenvalue weighted by Gasteiger charge is -2.13.